The molecule has 0 aromatic rings. The lowest BCUT2D eigenvalue weighted by atomic mass is 10.1. The Balaban J connectivity index is 0. The third-order valence-electron chi connectivity index (χ3n) is 0.493. The van der Waals surface area contributed by atoms with E-state index in [-0.39, 0.29) is 17.9 Å². The number of hydrogen-bond acceptors (Lipinski definition) is 1. The summed E-state index contributed by atoms with van der Waals surface area (Å²) in [6, 6.07) is 0. The molecule has 0 heterocycles. The van der Waals surface area contributed by atoms with Gasteiger partial charge in [-0.2, -0.15) is 0 Å². The first-order chi connectivity index (χ1) is 3.06. The van der Waals surface area contributed by atoms with Crippen molar-refractivity contribution >= 4 is 24.0 Å². The third-order valence-corrected chi connectivity index (χ3v) is 0.619. The lowest BCUT2D eigenvalue weighted by molar-refractivity contribution is 0.655. The first-order valence-corrected chi connectivity index (χ1v) is 2.57. The largest absolute Gasteiger partial charge is 0.322 e. The van der Waals surface area contributed by atoms with Crippen LogP contribution in [0, 0.1) is 0 Å². The summed E-state index contributed by atoms with van der Waals surface area (Å²) in [6.45, 7) is 3.76. The van der Waals surface area contributed by atoms with Gasteiger partial charge in [0.2, 0.25) is 0 Å². The molecular weight excluding hydrogens is 145 g/mol. The highest BCUT2D eigenvalue weighted by atomic mass is 35.5. The molecule has 0 aliphatic carbocycles. The molecule has 0 saturated heterocycles. The van der Waals surface area contributed by atoms with Crippen LogP contribution in [0.3, 0.4) is 0 Å². The van der Waals surface area contributed by atoms with Crippen molar-refractivity contribution in [3.63, 3.8) is 0 Å². The van der Waals surface area contributed by atoms with Gasteiger partial charge in [0.1, 0.15) is 0 Å². The van der Waals surface area contributed by atoms with Gasteiger partial charge in [0, 0.05) is 11.1 Å². The second-order valence-electron chi connectivity index (χ2n) is 2.11. The lowest BCUT2D eigenvalue weighted by Gasteiger charge is -2.09. The van der Waals surface area contributed by atoms with E-state index >= 15 is 0 Å². The van der Waals surface area contributed by atoms with Gasteiger partial charge >= 0.3 is 0 Å². The molecule has 0 saturated carbocycles. The second kappa shape index (κ2) is 4.19. The molecule has 0 fully saturated rings. The van der Waals surface area contributed by atoms with Gasteiger partial charge in [0.15, 0.2) is 0 Å². The summed E-state index contributed by atoms with van der Waals surface area (Å²) in [5, 5.41) is 0. The number of hydrogen-bond donors (Lipinski definition) is 1. The van der Waals surface area contributed by atoms with Gasteiger partial charge in [-0.05, 0) is 13.8 Å². The van der Waals surface area contributed by atoms with E-state index in [4.69, 9.17) is 17.3 Å². The molecule has 50 valence electrons. The average molecular weight is 156 g/mol. The first-order valence-electron chi connectivity index (χ1n) is 2.13. The number of rotatable bonds is 1. The maximum Gasteiger partial charge on any atom is 0.0293 e. The first kappa shape index (κ1) is 11.1. The second-order valence-corrected chi connectivity index (χ2v) is 2.37. The van der Waals surface area contributed by atoms with E-state index in [1.807, 2.05) is 13.8 Å². The minimum atomic E-state index is -0.262. The molecule has 2 N–H and O–H groups in total. The molecule has 1 nitrogen and oxygen atoms in total. The van der Waals surface area contributed by atoms with Crippen LogP contribution in [0.2, 0.25) is 0 Å². The van der Waals surface area contributed by atoms with Crippen molar-refractivity contribution in [2.45, 2.75) is 19.4 Å². The Bertz CT molecular complexity index is 73.0. The smallest absolute Gasteiger partial charge is 0.0293 e. The van der Waals surface area contributed by atoms with Gasteiger partial charge in [0.25, 0.3) is 0 Å². The van der Waals surface area contributed by atoms with Gasteiger partial charge in [-0.3, -0.25) is 0 Å². The average Bonchev–Trinajstić information content (AvgIpc) is 1.30. The zero-order chi connectivity index (χ0) is 5.91. The van der Waals surface area contributed by atoms with Gasteiger partial charge < -0.3 is 5.73 Å². The molecular formula is C5H11Cl2N. The van der Waals surface area contributed by atoms with Gasteiger partial charge in [-0.1, -0.05) is 17.7 Å². The van der Waals surface area contributed by atoms with E-state index in [1.165, 1.54) is 5.54 Å². The van der Waals surface area contributed by atoms with E-state index in [0.29, 0.717) is 0 Å². The minimum Gasteiger partial charge on any atom is -0.322 e. The third kappa shape index (κ3) is 9.56. The Morgan fingerprint density at radius 3 is 1.88 bits per heavy atom. The summed E-state index contributed by atoms with van der Waals surface area (Å²) >= 11 is 5.23. The molecule has 0 aromatic heterocycles. The topological polar surface area (TPSA) is 26.0 Å². The monoisotopic (exact) mass is 155 g/mol. The standard InChI is InChI=1S/C5H10ClN.ClH/c1-5(2,7)3-4-6;/h3-4H,7H2,1-2H3;1H. The highest BCUT2D eigenvalue weighted by Gasteiger charge is 2.01. The van der Waals surface area contributed by atoms with Crippen LogP contribution in [-0.4, -0.2) is 5.54 Å². The molecule has 0 aliphatic rings. The highest BCUT2D eigenvalue weighted by molar-refractivity contribution is 6.25. The molecule has 0 spiro atoms. The maximum atomic E-state index is 5.47. The number of halogens is 2. The van der Waals surface area contributed by atoms with E-state index in [1.54, 1.807) is 6.08 Å². The molecule has 0 aromatic carbocycles. The van der Waals surface area contributed by atoms with Crippen molar-refractivity contribution in [1.82, 2.24) is 0 Å². The van der Waals surface area contributed by atoms with Crippen molar-refractivity contribution in [3.05, 3.63) is 11.6 Å². The summed E-state index contributed by atoms with van der Waals surface area (Å²) in [5.74, 6) is 0. The Hall–Kier alpha value is 0.280. The van der Waals surface area contributed by atoms with Crippen molar-refractivity contribution in [2.75, 3.05) is 0 Å². The summed E-state index contributed by atoms with van der Waals surface area (Å²) in [7, 11) is 0. The van der Waals surface area contributed by atoms with Crippen LogP contribution in [-0.2, 0) is 0 Å². The molecule has 0 rings (SSSR count). The van der Waals surface area contributed by atoms with Crippen molar-refractivity contribution in [3.8, 4) is 0 Å². The van der Waals surface area contributed by atoms with Gasteiger partial charge in [-0.25, -0.2) is 0 Å². The fourth-order valence-corrected chi connectivity index (χ4v) is 0.487. The summed E-state index contributed by atoms with van der Waals surface area (Å²) in [4.78, 5) is 0. The maximum absolute atomic E-state index is 5.47. The van der Waals surface area contributed by atoms with E-state index < -0.39 is 0 Å². The minimum absolute atomic E-state index is 0. The lowest BCUT2D eigenvalue weighted by Crippen LogP contribution is -2.28. The highest BCUT2D eigenvalue weighted by Crippen LogP contribution is 1.98. The van der Waals surface area contributed by atoms with Crippen LogP contribution in [0.1, 0.15) is 13.8 Å². The summed E-state index contributed by atoms with van der Waals surface area (Å²) in [6.07, 6.45) is 1.73. The predicted octanol–water partition coefficient (Wildman–Crippen LogP) is 1.90. The van der Waals surface area contributed by atoms with Crippen molar-refractivity contribution < 1.29 is 0 Å². The zero-order valence-electron chi connectivity index (χ0n) is 5.02. The molecule has 3 heteroatoms. The molecule has 0 unspecified atom stereocenters. The van der Waals surface area contributed by atoms with Gasteiger partial charge in [-0.15, -0.1) is 12.4 Å². The van der Waals surface area contributed by atoms with Crippen LogP contribution in [0.4, 0.5) is 0 Å². The molecule has 8 heavy (non-hydrogen) atoms. The summed E-state index contributed by atoms with van der Waals surface area (Å²) in [5.41, 5.74) is 6.64. The van der Waals surface area contributed by atoms with E-state index in [9.17, 15) is 0 Å². The Kier molecular flexibility index (Phi) is 5.82. The van der Waals surface area contributed by atoms with Crippen LogP contribution in [0.15, 0.2) is 11.6 Å². The van der Waals surface area contributed by atoms with Crippen LogP contribution in [0.5, 0.6) is 0 Å². The number of nitrogens with two attached hydrogens (primary N) is 1. The molecule has 0 amide bonds. The Morgan fingerprint density at radius 2 is 1.88 bits per heavy atom. The fourth-order valence-electron chi connectivity index (χ4n) is 0.162. The normalized spacial score (nSPS) is 11.5. The van der Waals surface area contributed by atoms with Crippen LogP contribution in [0.25, 0.3) is 0 Å². The summed E-state index contributed by atoms with van der Waals surface area (Å²) < 4.78 is 0. The van der Waals surface area contributed by atoms with Crippen molar-refractivity contribution in [2.24, 2.45) is 5.73 Å². The van der Waals surface area contributed by atoms with E-state index in [0.717, 1.165) is 0 Å². The molecule has 0 aliphatic heterocycles. The van der Waals surface area contributed by atoms with Gasteiger partial charge in [0.05, 0.1) is 0 Å². The Labute approximate surface area is 61.3 Å². The predicted molar refractivity (Wildman–Crippen MR) is 40.5 cm³/mol. The van der Waals surface area contributed by atoms with E-state index in [2.05, 4.69) is 0 Å². The van der Waals surface area contributed by atoms with Crippen LogP contribution < -0.4 is 5.73 Å². The molecule has 0 radical (unpaired) electrons. The zero-order valence-corrected chi connectivity index (χ0v) is 6.59. The SMILES string of the molecule is CC(C)(N)C=CCl.Cl. The Morgan fingerprint density at radius 1 is 1.50 bits per heavy atom. The molecule has 0 bridgehead atoms. The molecule has 0 atom stereocenters. The van der Waals surface area contributed by atoms with Crippen molar-refractivity contribution in [1.29, 1.82) is 0 Å². The fraction of sp³-hybridized carbons (Fsp3) is 0.600. The van der Waals surface area contributed by atoms with Crippen LogP contribution >= 0.6 is 24.0 Å². The quantitative estimate of drug-likeness (QED) is 0.616.